The second-order valence-corrected chi connectivity index (χ2v) is 5.43. The Bertz CT molecular complexity index is 326. The highest BCUT2D eigenvalue weighted by Crippen LogP contribution is 2.21. The molecule has 15 heavy (non-hydrogen) atoms. The van der Waals surface area contributed by atoms with Crippen molar-refractivity contribution < 1.29 is 9.53 Å². The first-order chi connectivity index (χ1) is 7.17. The fourth-order valence-corrected chi connectivity index (χ4v) is 2.47. The van der Waals surface area contributed by atoms with Gasteiger partial charge in [-0.2, -0.15) is 0 Å². The van der Waals surface area contributed by atoms with Gasteiger partial charge in [0.2, 0.25) is 0 Å². The van der Waals surface area contributed by atoms with Crippen LogP contribution >= 0.6 is 27.3 Å². The Morgan fingerprint density at radius 1 is 1.73 bits per heavy atom. The molecule has 0 aliphatic heterocycles. The Labute approximate surface area is 101 Å². The molecule has 1 heterocycles. The van der Waals surface area contributed by atoms with Crippen molar-refractivity contribution in [3.8, 4) is 0 Å². The maximum Gasteiger partial charge on any atom is 0.250 e. The summed E-state index contributed by atoms with van der Waals surface area (Å²) in [5, 5.41) is 2.76. The quantitative estimate of drug-likeness (QED) is 0.854. The van der Waals surface area contributed by atoms with Gasteiger partial charge < -0.3 is 15.8 Å². The van der Waals surface area contributed by atoms with Crippen LogP contribution in [0.3, 0.4) is 0 Å². The molecule has 0 bridgehead atoms. The van der Waals surface area contributed by atoms with Crippen molar-refractivity contribution in [2.75, 3.05) is 13.7 Å². The highest BCUT2D eigenvalue weighted by atomic mass is 79.9. The number of rotatable bonds is 5. The monoisotopic (exact) mass is 292 g/mol. The minimum atomic E-state index is -0.562. The minimum Gasteiger partial charge on any atom is -0.370 e. The molecule has 1 aromatic rings. The standard InChI is InChI=1S/C9H13BrN2O2S/c1-14-7(4-11)9(13)12-5-6-2-3-8(10)15-6/h2-3,7H,4-5,11H2,1H3,(H,12,13). The molecule has 0 fully saturated rings. The molecule has 0 aliphatic rings. The first-order valence-corrected chi connectivity index (χ1v) is 6.03. The third-order valence-corrected chi connectivity index (χ3v) is 3.48. The number of nitrogens with two attached hydrogens (primary N) is 1. The lowest BCUT2D eigenvalue weighted by atomic mass is 10.3. The maximum atomic E-state index is 11.5. The van der Waals surface area contributed by atoms with E-state index in [9.17, 15) is 4.79 Å². The molecule has 0 radical (unpaired) electrons. The number of carbonyl (C=O) groups excluding carboxylic acids is 1. The molecule has 0 spiro atoms. The largest absolute Gasteiger partial charge is 0.370 e. The SMILES string of the molecule is COC(CN)C(=O)NCc1ccc(Br)s1. The summed E-state index contributed by atoms with van der Waals surface area (Å²) < 4.78 is 5.96. The molecule has 84 valence electrons. The summed E-state index contributed by atoms with van der Waals surface area (Å²) in [6.45, 7) is 0.700. The molecule has 0 saturated heterocycles. The van der Waals surface area contributed by atoms with Gasteiger partial charge in [-0.3, -0.25) is 4.79 Å². The summed E-state index contributed by atoms with van der Waals surface area (Å²) >= 11 is 4.94. The summed E-state index contributed by atoms with van der Waals surface area (Å²) in [5.41, 5.74) is 5.37. The van der Waals surface area contributed by atoms with E-state index in [1.165, 1.54) is 7.11 Å². The summed E-state index contributed by atoms with van der Waals surface area (Å²) in [5.74, 6) is -0.176. The second-order valence-electron chi connectivity index (χ2n) is 2.88. The predicted molar refractivity (Wildman–Crippen MR) is 63.7 cm³/mol. The van der Waals surface area contributed by atoms with E-state index in [0.29, 0.717) is 6.54 Å². The zero-order chi connectivity index (χ0) is 11.3. The van der Waals surface area contributed by atoms with Gasteiger partial charge in [0, 0.05) is 18.5 Å². The van der Waals surface area contributed by atoms with Gasteiger partial charge in [-0.25, -0.2) is 0 Å². The van der Waals surface area contributed by atoms with E-state index in [1.807, 2.05) is 12.1 Å². The predicted octanol–water partition coefficient (Wildman–Crippen LogP) is 1.10. The number of halogens is 1. The average Bonchev–Trinajstić information content (AvgIpc) is 2.63. The van der Waals surface area contributed by atoms with Gasteiger partial charge in [0.05, 0.1) is 10.3 Å². The van der Waals surface area contributed by atoms with Crippen molar-refractivity contribution in [2.45, 2.75) is 12.6 Å². The molecule has 3 N–H and O–H groups in total. The Kier molecular flexibility index (Phi) is 5.24. The van der Waals surface area contributed by atoms with E-state index in [-0.39, 0.29) is 12.5 Å². The van der Waals surface area contributed by atoms with Gasteiger partial charge in [-0.15, -0.1) is 11.3 Å². The van der Waals surface area contributed by atoms with E-state index in [1.54, 1.807) is 11.3 Å². The minimum absolute atomic E-state index is 0.176. The highest BCUT2D eigenvalue weighted by Gasteiger charge is 2.14. The number of hydrogen-bond donors (Lipinski definition) is 2. The Morgan fingerprint density at radius 2 is 2.47 bits per heavy atom. The van der Waals surface area contributed by atoms with Crippen LogP contribution in [0, 0.1) is 0 Å². The molecular weight excluding hydrogens is 280 g/mol. The normalized spacial score (nSPS) is 12.5. The first-order valence-electron chi connectivity index (χ1n) is 4.42. The van der Waals surface area contributed by atoms with Gasteiger partial charge in [0.15, 0.2) is 0 Å². The lowest BCUT2D eigenvalue weighted by Crippen LogP contribution is -2.40. The average molecular weight is 293 g/mol. The van der Waals surface area contributed by atoms with Crippen molar-refractivity contribution in [1.82, 2.24) is 5.32 Å². The molecule has 1 aromatic heterocycles. The van der Waals surface area contributed by atoms with E-state index in [0.717, 1.165) is 8.66 Å². The Balaban J connectivity index is 2.40. The van der Waals surface area contributed by atoms with Gasteiger partial charge in [-0.05, 0) is 28.1 Å². The van der Waals surface area contributed by atoms with Crippen molar-refractivity contribution >= 4 is 33.2 Å². The van der Waals surface area contributed by atoms with Crippen LogP contribution in [-0.4, -0.2) is 25.7 Å². The lowest BCUT2D eigenvalue weighted by molar-refractivity contribution is -0.130. The summed E-state index contributed by atoms with van der Waals surface area (Å²) in [6, 6.07) is 3.90. The van der Waals surface area contributed by atoms with Crippen molar-refractivity contribution in [3.63, 3.8) is 0 Å². The van der Waals surface area contributed by atoms with Crippen LogP contribution in [0.1, 0.15) is 4.88 Å². The van der Waals surface area contributed by atoms with Crippen LogP contribution in [0.4, 0.5) is 0 Å². The van der Waals surface area contributed by atoms with Crippen molar-refractivity contribution in [1.29, 1.82) is 0 Å². The van der Waals surface area contributed by atoms with E-state index < -0.39 is 6.10 Å². The molecule has 1 amide bonds. The number of carbonyl (C=O) groups is 1. The van der Waals surface area contributed by atoms with Crippen LogP contribution in [-0.2, 0) is 16.1 Å². The van der Waals surface area contributed by atoms with Crippen molar-refractivity contribution in [3.05, 3.63) is 20.8 Å². The summed E-state index contributed by atoms with van der Waals surface area (Å²) in [6.07, 6.45) is -0.562. The number of hydrogen-bond acceptors (Lipinski definition) is 4. The molecule has 0 aromatic carbocycles. The van der Waals surface area contributed by atoms with Crippen LogP contribution in [0.25, 0.3) is 0 Å². The topological polar surface area (TPSA) is 64.3 Å². The van der Waals surface area contributed by atoms with Crippen LogP contribution < -0.4 is 11.1 Å². The number of amides is 1. The van der Waals surface area contributed by atoms with Gasteiger partial charge in [0.1, 0.15) is 6.10 Å². The Morgan fingerprint density at radius 3 is 2.93 bits per heavy atom. The number of nitrogens with one attached hydrogen (secondary N) is 1. The lowest BCUT2D eigenvalue weighted by Gasteiger charge is -2.12. The van der Waals surface area contributed by atoms with E-state index in [2.05, 4.69) is 21.2 Å². The molecule has 4 nitrogen and oxygen atoms in total. The van der Waals surface area contributed by atoms with Crippen molar-refractivity contribution in [2.24, 2.45) is 5.73 Å². The fraction of sp³-hybridized carbons (Fsp3) is 0.444. The molecule has 6 heteroatoms. The van der Waals surface area contributed by atoms with Crippen LogP contribution in [0.2, 0.25) is 0 Å². The summed E-state index contributed by atoms with van der Waals surface area (Å²) in [4.78, 5) is 12.5. The number of methoxy groups -OCH3 is 1. The Hall–Kier alpha value is -0.430. The second kappa shape index (κ2) is 6.22. The zero-order valence-electron chi connectivity index (χ0n) is 8.33. The van der Waals surface area contributed by atoms with Gasteiger partial charge in [-0.1, -0.05) is 0 Å². The molecule has 1 rings (SSSR count). The van der Waals surface area contributed by atoms with E-state index in [4.69, 9.17) is 10.5 Å². The third-order valence-electron chi connectivity index (χ3n) is 1.86. The van der Waals surface area contributed by atoms with Crippen LogP contribution in [0.15, 0.2) is 15.9 Å². The van der Waals surface area contributed by atoms with Gasteiger partial charge >= 0.3 is 0 Å². The molecule has 1 unspecified atom stereocenters. The first kappa shape index (κ1) is 12.6. The highest BCUT2D eigenvalue weighted by molar-refractivity contribution is 9.11. The number of thiophene rings is 1. The molecule has 1 atom stereocenters. The zero-order valence-corrected chi connectivity index (χ0v) is 10.7. The fourth-order valence-electron chi connectivity index (χ4n) is 1.05. The van der Waals surface area contributed by atoms with Gasteiger partial charge in [0.25, 0.3) is 5.91 Å². The smallest absolute Gasteiger partial charge is 0.250 e. The molecule has 0 saturated carbocycles. The number of ether oxygens (including phenoxy) is 1. The maximum absolute atomic E-state index is 11.5. The summed E-state index contributed by atoms with van der Waals surface area (Å²) in [7, 11) is 1.47. The van der Waals surface area contributed by atoms with E-state index >= 15 is 0 Å². The van der Waals surface area contributed by atoms with Crippen LogP contribution in [0.5, 0.6) is 0 Å². The third kappa shape index (κ3) is 3.90. The molecule has 0 aliphatic carbocycles. The molecular formula is C9H13BrN2O2S.